The van der Waals surface area contributed by atoms with Crippen LogP contribution in [0, 0.1) is 0 Å². The quantitative estimate of drug-likeness (QED) is 0.189. The van der Waals surface area contributed by atoms with Gasteiger partial charge in [0.25, 0.3) is 0 Å². The van der Waals surface area contributed by atoms with E-state index in [1.165, 1.54) is 19.3 Å². The fraction of sp³-hybridized carbons (Fsp3) is 0.379. The van der Waals surface area contributed by atoms with Gasteiger partial charge in [-0.1, -0.05) is 56.7 Å². The summed E-state index contributed by atoms with van der Waals surface area (Å²) in [4.78, 5) is 9.22. The number of nitrogens with zero attached hydrogens (tertiary/aromatic N) is 2. The minimum atomic E-state index is 0.331. The molecule has 0 spiro atoms. The Bertz CT molecular complexity index is 1030. The molecule has 0 aliphatic heterocycles. The zero-order chi connectivity index (χ0) is 23.3. The summed E-state index contributed by atoms with van der Waals surface area (Å²) in [6.07, 6.45) is 15.0. The van der Waals surface area contributed by atoms with Gasteiger partial charge in [-0.05, 0) is 74.1 Å². The van der Waals surface area contributed by atoms with Gasteiger partial charge < -0.3 is 9.47 Å². The first-order valence-corrected chi connectivity index (χ1v) is 12.1. The predicted octanol–water partition coefficient (Wildman–Crippen LogP) is 7.64. The summed E-state index contributed by atoms with van der Waals surface area (Å²) in [5, 5.41) is 1.03. The van der Waals surface area contributed by atoms with Crippen molar-refractivity contribution in [1.82, 2.24) is 9.97 Å². The molecule has 3 rings (SSSR count). The highest BCUT2D eigenvalue weighted by atomic mass is 16.5. The standard InChI is InChI=1S/C29H36N2O2/c1-4-6-10-20-32-23(3)11-8-7-9-12-29-30-22-26-21-25(15-18-28(26)31-29)24-13-16-27(17-14-24)33-19-5-2/h5,9,12-18,21-23H,2,4,6-8,10-11,19-20H2,1,3H3/b12-9+. The van der Waals surface area contributed by atoms with E-state index in [1.54, 1.807) is 6.08 Å². The molecule has 1 aromatic heterocycles. The third-order valence-electron chi connectivity index (χ3n) is 5.55. The van der Waals surface area contributed by atoms with E-state index in [4.69, 9.17) is 14.5 Å². The number of fused-ring (bicyclic) bond motifs is 1. The molecule has 0 fully saturated rings. The van der Waals surface area contributed by atoms with Crippen LogP contribution in [0.5, 0.6) is 5.75 Å². The summed E-state index contributed by atoms with van der Waals surface area (Å²) in [5.74, 6) is 1.59. The molecule has 0 amide bonds. The SMILES string of the molecule is C=CCOc1ccc(-c2ccc3nc(/C=C/CCCC(C)OCCCCC)ncc3c2)cc1. The van der Waals surface area contributed by atoms with Gasteiger partial charge in [-0.25, -0.2) is 9.97 Å². The first-order chi connectivity index (χ1) is 16.2. The van der Waals surface area contributed by atoms with E-state index in [2.05, 4.69) is 61.8 Å². The third kappa shape index (κ3) is 8.14. The first kappa shape index (κ1) is 24.7. The van der Waals surface area contributed by atoms with Crippen molar-refractivity contribution in [3.63, 3.8) is 0 Å². The van der Waals surface area contributed by atoms with Crippen LogP contribution in [0.3, 0.4) is 0 Å². The summed E-state index contributed by atoms with van der Waals surface area (Å²) in [5.41, 5.74) is 3.22. The molecule has 2 aromatic carbocycles. The average Bonchev–Trinajstić information content (AvgIpc) is 2.85. The van der Waals surface area contributed by atoms with Crippen molar-refractivity contribution in [3.8, 4) is 16.9 Å². The second kappa shape index (κ2) is 13.5. The number of hydrogen-bond donors (Lipinski definition) is 0. The minimum absolute atomic E-state index is 0.331. The maximum Gasteiger partial charge on any atom is 0.152 e. The highest BCUT2D eigenvalue weighted by Crippen LogP contribution is 2.25. The van der Waals surface area contributed by atoms with Gasteiger partial charge in [0.1, 0.15) is 12.4 Å². The highest BCUT2D eigenvalue weighted by molar-refractivity contribution is 5.84. The Morgan fingerprint density at radius 2 is 1.85 bits per heavy atom. The van der Waals surface area contributed by atoms with Crippen molar-refractivity contribution in [2.45, 2.75) is 58.5 Å². The molecule has 1 unspecified atom stereocenters. The van der Waals surface area contributed by atoms with Crippen molar-refractivity contribution in [2.75, 3.05) is 13.2 Å². The van der Waals surface area contributed by atoms with Crippen LogP contribution < -0.4 is 4.74 Å². The largest absolute Gasteiger partial charge is 0.490 e. The zero-order valence-corrected chi connectivity index (χ0v) is 20.0. The fourth-order valence-corrected chi connectivity index (χ4v) is 3.64. The van der Waals surface area contributed by atoms with Crippen LogP contribution in [0.2, 0.25) is 0 Å². The smallest absolute Gasteiger partial charge is 0.152 e. The Morgan fingerprint density at radius 3 is 2.64 bits per heavy atom. The third-order valence-corrected chi connectivity index (χ3v) is 5.55. The highest BCUT2D eigenvalue weighted by Gasteiger charge is 2.04. The van der Waals surface area contributed by atoms with E-state index in [0.717, 1.165) is 59.5 Å². The van der Waals surface area contributed by atoms with Gasteiger partial charge in [0.2, 0.25) is 0 Å². The Hall–Kier alpha value is -2.98. The lowest BCUT2D eigenvalue weighted by Gasteiger charge is -2.11. The number of ether oxygens (including phenoxy) is 2. The molecule has 0 aliphatic rings. The molecule has 0 saturated heterocycles. The molecule has 4 nitrogen and oxygen atoms in total. The Kier molecular flexibility index (Phi) is 10.1. The van der Waals surface area contributed by atoms with Crippen LogP contribution in [-0.4, -0.2) is 29.3 Å². The number of hydrogen-bond acceptors (Lipinski definition) is 4. The lowest BCUT2D eigenvalue weighted by molar-refractivity contribution is 0.0566. The molecule has 0 saturated carbocycles. The van der Waals surface area contributed by atoms with Crippen molar-refractivity contribution in [2.24, 2.45) is 0 Å². The summed E-state index contributed by atoms with van der Waals surface area (Å²) >= 11 is 0. The topological polar surface area (TPSA) is 44.2 Å². The number of rotatable bonds is 14. The molecule has 1 atom stereocenters. The molecule has 0 aliphatic carbocycles. The van der Waals surface area contributed by atoms with Gasteiger partial charge in [-0.3, -0.25) is 0 Å². The van der Waals surface area contributed by atoms with Crippen LogP contribution >= 0.6 is 0 Å². The minimum Gasteiger partial charge on any atom is -0.490 e. The number of unbranched alkanes of at least 4 members (excludes halogenated alkanes) is 3. The number of allylic oxidation sites excluding steroid dienone is 1. The van der Waals surface area contributed by atoms with Gasteiger partial charge in [0, 0.05) is 18.2 Å². The fourth-order valence-electron chi connectivity index (χ4n) is 3.64. The summed E-state index contributed by atoms with van der Waals surface area (Å²) in [7, 11) is 0. The second-order valence-corrected chi connectivity index (χ2v) is 8.35. The van der Waals surface area contributed by atoms with E-state index >= 15 is 0 Å². The monoisotopic (exact) mass is 444 g/mol. The number of benzene rings is 2. The van der Waals surface area contributed by atoms with Gasteiger partial charge >= 0.3 is 0 Å². The lowest BCUT2D eigenvalue weighted by atomic mass is 10.0. The normalized spacial score (nSPS) is 12.3. The molecule has 0 N–H and O–H groups in total. The van der Waals surface area contributed by atoms with Gasteiger partial charge in [-0.2, -0.15) is 0 Å². The van der Waals surface area contributed by atoms with Crippen molar-refractivity contribution in [1.29, 1.82) is 0 Å². The zero-order valence-electron chi connectivity index (χ0n) is 20.0. The van der Waals surface area contributed by atoms with Gasteiger partial charge in [-0.15, -0.1) is 0 Å². The van der Waals surface area contributed by atoms with E-state index in [1.807, 2.05) is 24.4 Å². The molecule has 3 aromatic rings. The van der Waals surface area contributed by atoms with Crippen molar-refractivity contribution in [3.05, 3.63) is 73.2 Å². The van der Waals surface area contributed by atoms with E-state index in [0.29, 0.717) is 12.7 Å². The van der Waals surface area contributed by atoms with Crippen molar-refractivity contribution >= 4 is 17.0 Å². The lowest BCUT2D eigenvalue weighted by Crippen LogP contribution is -2.08. The molecule has 0 radical (unpaired) electrons. The Morgan fingerprint density at radius 1 is 1.03 bits per heavy atom. The van der Waals surface area contributed by atoms with Crippen LogP contribution in [0.15, 0.2) is 67.4 Å². The summed E-state index contributed by atoms with van der Waals surface area (Å²) in [6, 6.07) is 14.4. The van der Waals surface area contributed by atoms with E-state index < -0.39 is 0 Å². The van der Waals surface area contributed by atoms with Crippen LogP contribution in [-0.2, 0) is 4.74 Å². The summed E-state index contributed by atoms with van der Waals surface area (Å²) < 4.78 is 11.4. The molecule has 1 heterocycles. The van der Waals surface area contributed by atoms with Crippen LogP contribution in [0.25, 0.3) is 28.1 Å². The Balaban J connectivity index is 1.51. The molecule has 4 heteroatoms. The van der Waals surface area contributed by atoms with Gasteiger partial charge in [0.15, 0.2) is 5.82 Å². The van der Waals surface area contributed by atoms with Crippen molar-refractivity contribution < 1.29 is 9.47 Å². The molecule has 33 heavy (non-hydrogen) atoms. The molecular formula is C29H36N2O2. The maximum atomic E-state index is 5.86. The first-order valence-electron chi connectivity index (χ1n) is 12.1. The van der Waals surface area contributed by atoms with Crippen LogP contribution in [0.4, 0.5) is 0 Å². The number of aromatic nitrogens is 2. The summed E-state index contributed by atoms with van der Waals surface area (Å²) in [6.45, 7) is 9.45. The second-order valence-electron chi connectivity index (χ2n) is 8.35. The maximum absolute atomic E-state index is 5.86. The molecular weight excluding hydrogens is 408 g/mol. The van der Waals surface area contributed by atoms with Gasteiger partial charge in [0.05, 0.1) is 11.6 Å². The average molecular weight is 445 g/mol. The van der Waals surface area contributed by atoms with E-state index in [9.17, 15) is 0 Å². The van der Waals surface area contributed by atoms with Crippen LogP contribution in [0.1, 0.15) is 58.2 Å². The van der Waals surface area contributed by atoms with E-state index in [-0.39, 0.29) is 0 Å². The molecule has 0 bridgehead atoms. The Labute approximate surface area is 198 Å². The molecule has 174 valence electrons. The predicted molar refractivity (Wildman–Crippen MR) is 138 cm³/mol.